The smallest absolute Gasteiger partial charge is 0.225 e. The Hall–Kier alpha value is -0.240. The molecule has 0 aromatic heterocycles. The maximum atomic E-state index is 12.1. The second kappa shape index (κ2) is 9.02. The number of amides is 1. The number of carbonyl (C=O) groups is 1. The number of unbranched alkanes of at least 4 members (excludes halogenated alkanes) is 1. The van der Waals surface area contributed by atoms with Crippen molar-refractivity contribution in [1.29, 1.82) is 0 Å². The van der Waals surface area contributed by atoms with Crippen molar-refractivity contribution >= 4 is 17.5 Å². The van der Waals surface area contributed by atoms with Crippen LogP contribution in [0.1, 0.15) is 46.5 Å². The molecule has 0 spiro atoms. The number of carbonyl (C=O) groups excluding carboxylic acids is 1. The average molecular weight is 234 g/mol. The van der Waals surface area contributed by atoms with Crippen LogP contribution in [-0.2, 0) is 4.79 Å². The van der Waals surface area contributed by atoms with Gasteiger partial charge in [-0.3, -0.25) is 4.79 Å². The minimum atomic E-state index is 0.185. The van der Waals surface area contributed by atoms with E-state index in [0.717, 1.165) is 32.2 Å². The molecule has 15 heavy (non-hydrogen) atoms. The van der Waals surface area contributed by atoms with Crippen molar-refractivity contribution in [3.63, 3.8) is 0 Å². The maximum Gasteiger partial charge on any atom is 0.225 e. The van der Waals surface area contributed by atoms with Crippen LogP contribution < -0.4 is 0 Å². The molecular formula is C12H24ClNO. The molecule has 0 aromatic rings. The van der Waals surface area contributed by atoms with Crippen LogP contribution in [0.25, 0.3) is 0 Å². The molecule has 0 saturated heterocycles. The first-order valence-electron chi connectivity index (χ1n) is 6.05. The van der Waals surface area contributed by atoms with Gasteiger partial charge in [0.15, 0.2) is 0 Å². The molecule has 0 atom stereocenters. The Labute approximate surface area is 99.0 Å². The normalized spacial score (nSPS) is 10.7. The number of hydrogen-bond donors (Lipinski definition) is 0. The van der Waals surface area contributed by atoms with Crippen LogP contribution in [-0.4, -0.2) is 29.8 Å². The first-order valence-corrected chi connectivity index (χ1v) is 6.59. The predicted molar refractivity (Wildman–Crippen MR) is 66.3 cm³/mol. The highest BCUT2D eigenvalue weighted by Gasteiger charge is 2.20. The molecule has 0 bridgehead atoms. The zero-order valence-electron chi connectivity index (χ0n) is 10.3. The molecule has 0 unspecified atom stereocenters. The highest BCUT2D eigenvalue weighted by atomic mass is 35.5. The Kier molecular flexibility index (Phi) is 8.88. The SMILES string of the molecule is CCCCN(CCCl)C(=O)C(CC)CC. The molecule has 90 valence electrons. The molecular weight excluding hydrogens is 210 g/mol. The summed E-state index contributed by atoms with van der Waals surface area (Å²) in [6.07, 6.45) is 4.05. The molecule has 1 amide bonds. The second-order valence-corrected chi connectivity index (χ2v) is 4.26. The molecule has 0 aromatic carbocycles. The number of nitrogens with zero attached hydrogens (tertiary/aromatic N) is 1. The van der Waals surface area contributed by atoms with E-state index in [1.165, 1.54) is 0 Å². The van der Waals surface area contributed by atoms with Gasteiger partial charge in [0, 0.05) is 24.9 Å². The van der Waals surface area contributed by atoms with Crippen LogP contribution in [0.15, 0.2) is 0 Å². The van der Waals surface area contributed by atoms with Gasteiger partial charge in [0.05, 0.1) is 0 Å². The first kappa shape index (κ1) is 14.8. The van der Waals surface area contributed by atoms with Crippen molar-refractivity contribution in [3.05, 3.63) is 0 Å². The number of halogens is 1. The summed E-state index contributed by atoms with van der Waals surface area (Å²) >= 11 is 5.72. The fourth-order valence-corrected chi connectivity index (χ4v) is 1.88. The molecule has 0 heterocycles. The lowest BCUT2D eigenvalue weighted by atomic mass is 10.0. The Balaban J connectivity index is 4.24. The van der Waals surface area contributed by atoms with Crippen LogP contribution in [0.3, 0.4) is 0 Å². The zero-order chi connectivity index (χ0) is 11.7. The predicted octanol–water partition coefficient (Wildman–Crippen LogP) is 3.29. The van der Waals surface area contributed by atoms with Crippen LogP contribution in [0.2, 0.25) is 0 Å². The zero-order valence-corrected chi connectivity index (χ0v) is 11.0. The summed E-state index contributed by atoms with van der Waals surface area (Å²) in [6.45, 7) is 7.84. The van der Waals surface area contributed by atoms with E-state index < -0.39 is 0 Å². The summed E-state index contributed by atoms with van der Waals surface area (Å²) in [5.41, 5.74) is 0. The van der Waals surface area contributed by atoms with Gasteiger partial charge >= 0.3 is 0 Å². The third-order valence-electron chi connectivity index (χ3n) is 2.78. The van der Waals surface area contributed by atoms with Gasteiger partial charge in [0.2, 0.25) is 5.91 Å². The van der Waals surface area contributed by atoms with Gasteiger partial charge in [-0.25, -0.2) is 0 Å². The molecule has 0 radical (unpaired) electrons. The number of alkyl halides is 1. The van der Waals surface area contributed by atoms with Crippen molar-refractivity contribution in [2.75, 3.05) is 19.0 Å². The quantitative estimate of drug-likeness (QED) is 0.590. The fraction of sp³-hybridized carbons (Fsp3) is 0.917. The Morgan fingerprint density at radius 2 is 1.80 bits per heavy atom. The number of hydrogen-bond acceptors (Lipinski definition) is 1. The summed E-state index contributed by atoms with van der Waals surface area (Å²) in [4.78, 5) is 14.0. The summed E-state index contributed by atoms with van der Waals surface area (Å²) < 4.78 is 0. The first-order chi connectivity index (χ1) is 7.21. The molecule has 3 heteroatoms. The fourth-order valence-electron chi connectivity index (χ4n) is 1.68. The molecule has 0 fully saturated rings. The van der Waals surface area contributed by atoms with E-state index in [4.69, 9.17) is 11.6 Å². The van der Waals surface area contributed by atoms with Crippen molar-refractivity contribution in [2.24, 2.45) is 5.92 Å². The lowest BCUT2D eigenvalue weighted by Crippen LogP contribution is -2.37. The van der Waals surface area contributed by atoms with Gasteiger partial charge in [-0.05, 0) is 19.3 Å². The van der Waals surface area contributed by atoms with E-state index in [2.05, 4.69) is 20.8 Å². The molecule has 0 aliphatic rings. The van der Waals surface area contributed by atoms with Crippen LogP contribution in [0.5, 0.6) is 0 Å². The van der Waals surface area contributed by atoms with Gasteiger partial charge in [0.1, 0.15) is 0 Å². The lowest BCUT2D eigenvalue weighted by Gasteiger charge is -2.25. The van der Waals surface area contributed by atoms with Crippen molar-refractivity contribution in [3.8, 4) is 0 Å². The Bertz CT molecular complexity index is 169. The second-order valence-electron chi connectivity index (χ2n) is 3.88. The summed E-state index contributed by atoms with van der Waals surface area (Å²) in [5, 5.41) is 0. The van der Waals surface area contributed by atoms with E-state index in [1.54, 1.807) is 0 Å². The number of rotatable bonds is 8. The monoisotopic (exact) mass is 233 g/mol. The van der Waals surface area contributed by atoms with Gasteiger partial charge in [-0.2, -0.15) is 0 Å². The van der Waals surface area contributed by atoms with Crippen LogP contribution in [0, 0.1) is 5.92 Å². The van der Waals surface area contributed by atoms with E-state index >= 15 is 0 Å². The van der Waals surface area contributed by atoms with Gasteiger partial charge in [-0.1, -0.05) is 27.2 Å². The maximum absolute atomic E-state index is 12.1. The van der Waals surface area contributed by atoms with E-state index in [0.29, 0.717) is 12.4 Å². The summed E-state index contributed by atoms with van der Waals surface area (Å²) in [7, 11) is 0. The standard InChI is InChI=1S/C12H24ClNO/c1-4-7-9-14(10-8-13)12(15)11(5-2)6-3/h11H,4-10H2,1-3H3. The van der Waals surface area contributed by atoms with E-state index in [1.807, 2.05) is 4.90 Å². The largest absolute Gasteiger partial charge is 0.341 e. The third-order valence-corrected chi connectivity index (χ3v) is 2.95. The van der Waals surface area contributed by atoms with Crippen LogP contribution >= 0.6 is 11.6 Å². The van der Waals surface area contributed by atoms with Crippen molar-refractivity contribution in [1.82, 2.24) is 4.90 Å². The summed E-state index contributed by atoms with van der Waals surface area (Å²) in [6, 6.07) is 0. The highest BCUT2D eigenvalue weighted by Crippen LogP contribution is 2.12. The molecule has 0 saturated carbocycles. The molecule has 2 nitrogen and oxygen atoms in total. The topological polar surface area (TPSA) is 20.3 Å². The minimum absolute atomic E-state index is 0.185. The van der Waals surface area contributed by atoms with Crippen molar-refractivity contribution in [2.45, 2.75) is 46.5 Å². The molecule has 0 aliphatic carbocycles. The van der Waals surface area contributed by atoms with E-state index in [9.17, 15) is 4.79 Å². The van der Waals surface area contributed by atoms with Gasteiger partial charge < -0.3 is 4.90 Å². The van der Waals surface area contributed by atoms with Crippen LogP contribution in [0.4, 0.5) is 0 Å². The van der Waals surface area contributed by atoms with Crippen molar-refractivity contribution < 1.29 is 4.79 Å². The molecule has 0 aliphatic heterocycles. The Morgan fingerprint density at radius 3 is 2.20 bits per heavy atom. The Morgan fingerprint density at radius 1 is 1.20 bits per heavy atom. The molecule has 0 rings (SSSR count). The summed E-state index contributed by atoms with van der Waals surface area (Å²) in [5.74, 6) is 1.01. The van der Waals surface area contributed by atoms with E-state index in [-0.39, 0.29) is 11.8 Å². The molecule has 0 N–H and O–H groups in total. The third kappa shape index (κ3) is 5.41. The highest BCUT2D eigenvalue weighted by molar-refractivity contribution is 6.18. The minimum Gasteiger partial charge on any atom is -0.341 e. The lowest BCUT2D eigenvalue weighted by molar-refractivity contribution is -0.135. The van der Waals surface area contributed by atoms with Gasteiger partial charge in [-0.15, -0.1) is 11.6 Å². The average Bonchev–Trinajstić information content (AvgIpc) is 2.25. The van der Waals surface area contributed by atoms with Gasteiger partial charge in [0.25, 0.3) is 0 Å².